The number of unbranched alkanes of at least 4 members (excludes halogenated alkanes) is 2. The van der Waals surface area contributed by atoms with Crippen LogP contribution in [0.15, 0.2) is 23.6 Å². The molecule has 1 saturated heterocycles. The number of benzene rings is 1. The van der Waals surface area contributed by atoms with Crippen LogP contribution in [0.5, 0.6) is 0 Å². The van der Waals surface area contributed by atoms with E-state index in [1.807, 2.05) is 0 Å². The Morgan fingerprint density at radius 3 is 2.48 bits per heavy atom. The average Bonchev–Trinajstić information content (AvgIpc) is 3.40. The zero-order chi connectivity index (χ0) is 21.5. The Labute approximate surface area is 191 Å². The minimum Gasteiger partial charge on any atom is -0.396 e. The summed E-state index contributed by atoms with van der Waals surface area (Å²) in [6.45, 7) is 10.7. The fraction of sp³-hybridized carbons (Fsp3) is 0.654. The van der Waals surface area contributed by atoms with Crippen LogP contribution < -0.4 is 4.90 Å². The maximum Gasteiger partial charge on any atom is 0.185 e. The summed E-state index contributed by atoms with van der Waals surface area (Å²) >= 11 is 1.79. The first-order valence-corrected chi connectivity index (χ1v) is 13.1. The number of piperazine rings is 1. The van der Waals surface area contributed by atoms with E-state index in [2.05, 4.69) is 47.2 Å². The second kappa shape index (κ2) is 8.49. The largest absolute Gasteiger partial charge is 0.396 e. The predicted octanol–water partition coefficient (Wildman–Crippen LogP) is 5.20. The van der Waals surface area contributed by atoms with Gasteiger partial charge in [0, 0.05) is 43.7 Å². The van der Waals surface area contributed by atoms with Gasteiger partial charge in [-0.3, -0.25) is 4.90 Å². The van der Waals surface area contributed by atoms with Crippen LogP contribution in [0.3, 0.4) is 0 Å². The number of fused-ring (bicyclic) bond motifs is 2. The minimum atomic E-state index is 0.269. The standard InChI is InChI=1S/C26H37N3OS/c1-25(2)8-9-26(10-11-26)21-7-6-20(18-22(21)25)23-19-31-24(27-23)29-15-13-28(14-16-29)12-4-3-5-17-30/h6-7,18-19,30H,3-5,8-17H2,1-2H3. The zero-order valence-corrected chi connectivity index (χ0v) is 20.0. The number of nitrogens with zero attached hydrogens (tertiary/aromatic N) is 3. The van der Waals surface area contributed by atoms with Gasteiger partial charge in [0.2, 0.25) is 0 Å². The Morgan fingerprint density at radius 1 is 0.968 bits per heavy atom. The highest BCUT2D eigenvalue weighted by Crippen LogP contribution is 2.59. The van der Waals surface area contributed by atoms with Crippen LogP contribution in [0, 0.1) is 0 Å². The Morgan fingerprint density at radius 2 is 1.74 bits per heavy atom. The van der Waals surface area contributed by atoms with Gasteiger partial charge in [-0.1, -0.05) is 26.0 Å². The zero-order valence-electron chi connectivity index (χ0n) is 19.2. The third-order valence-corrected chi connectivity index (χ3v) is 8.87. The van der Waals surface area contributed by atoms with Crippen molar-refractivity contribution in [1.29, 1.82) is 0 Å². The van der Waals surface area contributed by atoms with Crippen LogP contribution in [-0.4, -0.2) is 54.3 Å². The summed E-state index contributed by atoms with van der Waals surface area (Å²) in [6.07, 6.45) is 8.68. The van der Waals surface area contributed by atoms with E-state index in [-0.39, 0.29) is 5.41 Å². The number of aliphatic hydroxyl groups excluding tert-OH is 1. The highest BCUT2D eigenvalue weighted by atomic mass is 32.1. The molecular weight excluding hydrogens is 402 g/mol. The van der Waals surface area contributed by atoms with Crippen LogP contribution >= 0.6 is 11.3 Å². The maximum atomic E-state index is 8.93. The van der Waals surface area contributed by atoms with Crippen molar-refractivity contribution in [3.63, 3.8) is 0 Å². The van der Waals surface area contributed by atoms with Gasteiger partial charge in [-0.2, -0.15) is 0 Å². The molecule has 2 aromatic rings. The number of hydrogen-bond acceptors (Lipinski definition) is 5. The number of thiazole rings is 1. The van der Waals surface area contributed by atoms with Gasteiger partial charge in [-0.25, -0.2) is 4.98 Å². The molecule has 1 saturated carbocycles. The van der Waals surface area contributed by atoms with E-state index in [1.54, 1.807) is 22.5 Å². The van der Waals surface area contributed by atoms with Crippen molar-refractivity contribution < 1.29 is 5.11 Å². The van der Waals surface area contributed by atoms with Gasteiger partial charge in [-0.15, -0.1) is 11.3 Å². The van der Waals surface area contributed by atoms with E-state index in [0.29, 0.717) is 12.0 Å². The molecular formula is C26H37N3OS. The SMILES string of the molecule is CC1(C)CCC2(CC2)c2ccc(-c3csc(N4CCN(CCCCCO)CC4)n3)cc21. The molecule has 4 nitrogen and oxygen atoms in total. The summed E-state index contributed by atoms with van der Waals surface area (Å²) in [5.74, 6) is 0. The number of rotatable bonds is 7. The summed E-state index contributed by atoms with van der Waals surface area (Å²) in [7, 11) is 0. The van der Waals surface area contributed by atoms with E-state index >= 15 is 0 Å². The van der Waals surface area contributed by atoms with Gasteiger partial charge >= 0.3 is 0 Å². The molecule has 5 heteroatoms. The molecule has 1 aromatic heterocycles. The Bertz CT molecular complexity index is 909. The smallest absolute Gasteiger partial charge is 0.185 e. The van der Waals surface area contributed by atoms with Crippen molar-refractivity contribution in [2.75, 3.05) is 44.2 Å². The molecule has 168 valence electrons. The van der Waals surface area contributed by atoms with E-state index in [0.717, 1.165) is 51.3 Å². The number of anilines is 1. The Balaban J connectivity index is 1.26. The molecule has 1 aromatic carbocycles. The summed E-state index contributed by atoms with van der Waals surface area (Å²) in [5.41, 5.74) is 6.39. The van der Waals surface area contributed by atoms with Crippen molar-refractivity contribution in [3.05, 3.63) is 34.7 Å². The molecule has 2 aliphatic carbocycles. The molecule has 31 heavy (non-hydrogen) atoms. The first-order chi connectivity index (χ1) is 15.0. The lowest BCUT2D eigenvalue weighted by Gasteiger charge is -2.38. The third-order valence-electron chi connectivity index (χ3n) is 7.97. The normalized spacial score (nSPS) is 22.0. The van der Waals surface area contributed by atoms with Crippen LogP contribution in [-0.2, 0) is 10.8 Å². The predicted molar refractivity (Wildman–Crippen MR) is 130 cm³/mol. The molecule has 0 radical (unpaired) electrons. The second-order valence-corrected chi connectivity index (χ2v) is 11.4. The lowest BCUT2D eigenvalue weighted by atomic mass is 9.67. The number of hydrogen-bond donors (Lipinski definition) is 1. The number of aromatic nitrogens is 1. The second-order valence-electron chi connectivity index (χ2n) is 10.6. The molecule has 3 aliphatic rings. The fourth-order valence-electron chi connectivity index (χ4n) is 5.55. The van der Waals surface area contributed by atoms with Crippen molar-refractivity contribution in [3.8, 4) is 11.3 Å². The van der Waals surface area contributed by atoms with Gasteiger partial charge in [-0.05, 0) is 79.5 Å². The fourth-order valence-corrected chi connectivity index (χ4v) is 6.43. The Hall–Kier alpha value is -1.43. The van der Waals surface area contributed by atoms with Crippen LogP contribution in [0.1, 0.15) is 69.9 Å². The highest BCUT2D eigenvalue weighted by Gasteiger charge is 2.50. The first-order valence-electron chi connectivity index (χ1n) is 12.2. The molecule has 1 spiro atoms. The minimum absolute atomic E-state index is 0.269. The summed E-state index contributed by atoms with van der Waals surface area (Å²) in [5, 5.41) is 12.4. The topological polar surface area (TPSA) is 39.6 Å². The van der Waals surface area contributed by atoms with Crippen molar-refractivity contribution in [1.82, 2.24) is 9.88 Å². The summed E-state index contributed by atoms with van der Waals surface area (Å²) < 4.78 is 0. The van der Waals surface area contributed by atoms with E-state index in [9.17, 15) is 0 Å². The van der Waals surface area contributed by atoms with Crippen molar-refractivity contribution in [2.24, 2.45) is 0 Å². The number of aliphatic hydroxyl groups is 1. The van der Waals surface area contributed by atoms with Crippen LogP contribution in [0.2, 0.25) is 0 Å². The molecule has 1 aliphatic heterocycles. The van der Waals surface area contributed by atoms with Gasteiger partial charge in [0.15, 0.2) is 5.13 Å². The van der Waals surface area contributed by atoms with Gasteiger partial charge in [0.05, 0.1) is 5.69 Å². The summed E-state index contributed by atoms with van der Waals surface area (Å²) in [4.78, 5) is 10.1. The third kappa shape index (κ3) is 4.29. The van der Waals surface area contributed by atoms with Gasteiger partial charge < -0.3 is 10.0 Å². The van der Waals surface area contributed by atoms with Crippen molar-refractivity contribution in [2.45, 2.75) is 69.6 Å². The first kappa shape index (κ1) is 21.4. The van der Waals surface area contributed by atoms with Crippen molar-refractivity contribution >= 4 is 16.5 Å². The monoisotopic (exact) mass is 439 g/mol. The molecule has 0 amide bonds. The molecule has 2 fully saturated rings. The quantitative estimate of drug-likeness (QED) is 0.602. The maximum absolute atomic E-state index is 8.93. The molecule has 2 heterocycles. The van der Waals surface area contributed by atoms with E-state index < -0.39 is 0 Å². The lowest BCUT2D eigenvalue weighted by Crippen LogP contribution is -2.46. The molecule has 0 unspecified atom stereocenters. The van der Waals surface area contributed by atoms with Crippen LogP contribution in [0.25, 0.3) is 11.3 Å². The van der Waals surface area contributed by atoms with Gasteiger partial charge in [0.25, 0.3) is 0 Å². The molecule has 5 rings (SSSR count). The van der Waals surface area contributed by atoms with Gasteiger partial charge in [0.1, 0.15) is 0 Å². The Kier molecular flexibility index (Phi) is 5.87. The average molecular weight is 440 g/mol. The molecule has 0 atom stereocenters. The van der Waals surface area contributed by atoms with E-state index in [1.165, 1.54) is 42.8 Å². The molecule has 0 bridgehead atoms. The van der Waals surface area contributed by atoms with E-state index in [4.69, 9.17) is 10.1 Å². The molecule has 1 N–H and O–H groups in total. The highest BCUT2D eigenvalue weighted by molar-refractivity contribution is 7.14. The van der Waals surface area contributed by atoms with Crippen LogP contribution in [0.4, 0.5) is 5.13 Å². The lowest BCUT2D eigenvalue weighted by molar-refractivity contribution is 0.242. The summed E-state index contributed by atoms with van der Waals surface area (Å²) in [6, 6.07) is 7.20.